The van der Waals surface area contributed by atoms with Crippen LogP contribution in [-0.4, -0.2) is 59.1 Å². The molecule has 4 N–H and O–H groups in total. The largest absolute Gasteiger partial charge is 0.382 e. The number of nitrogen functional groups attached to an aromatic ring is 1. The molecule has 38 heavy (non-hydrogen) atoms. The van der Waals surface area contributed by atoms with E-state index in [-0.39, 0.29) is 28.1 Å². The summed E-state index contributed by atoms with van der Waals surface area (Å²) in [7, 11) is 0. The molecule has 0 bridgehead atoms. The summed E-state index contributed by atoms with van der Waals surface area (Å²) in [6, 6.07) is 13.2. The number of benzene rings is 2. The number of Topliss-reactive ketones (excluding diaryl/α,β-unsaturated/α-hetero) is 2. The second kappa shape index (κ2) is 9.53. The van der Waals surface area contributed by atoms with Crippen molar-refractivity contribution in [2.45, 2.75) is 44.3 Å². The topological polar surface area (TPSA) is 171 Å². The molecule has 1 saturated heterocycles. The lowest BCUT2D eigenvalue weighted by atomic mass is 9.81. The average molecular weight is 516 g/mol. The number of aryl methyl sites for hydroxylation is 2. The average Bonchev–Trinajstić information content (AvgIpc) is 3.26. The Balaban J connectivity index is 1.64. The zero-order chi connectivity index (χ0) is 27.2. The highest BCUT2D eigenvalue weighted by molar-refractivity contribution is 6.06. The molecule has 0 saturated carbocycles. The van der Waals surface area contributed by atoms with Gasteiger partial charge in [0.25, 0.3) is 0 Å². The first kappa shape index (κ1) is 25.3. The van der Waals surface area contributed by atoms with Gasteiger partial charge in [-0.2, -0.15) is 4.98 Å². The van der Waals surface area contributed by atoms with Crippen molar-refractivity contribution < 1.29 is 24.5 Å². The van der Waals surface area contributed by atoms with E-state index in [4.69, 9.17) is 10.5 Å². The molecule has 3 heterocycles. The van der Waals surface area contributed by atoms with E-state index in [9.17, 15) is 24.6 Å². The molecule has 1 aliphatic rings. The number of hydrogen-bond donors (Lipinski definition) is 3. The summed E-state index contributed by atoms with van der Waals surface area (Å²) in [4.78, 5) is 52.2. The molecular weight excluding hydrogens is 490 g/mol. The van der Waals surface area contributed by atoms with Gasteiger partial charge >= 0.3 is 5.69 Å². The van der Waals surface area contributed by atoms with Crippen molar-refractivity contribution in [3.8, 4) is 0 Å². The van der Waals surface area contributed by atoms with Gasteiger partial charge in [-0.05, 0) is 25.0 Å². The fourth-order valence-electron chi connectivity index (χ4n) is 4.88. The Labute approximate surface area is 216 Å². The normalized spacial score (nSPS) is 21.9. The maximum Gasteiger partial charge on any atom is 0.353 e. The van der Waals surface area contributed by atoms with Crippen LogP contribution in [0.5, 0.6) is 0 Å². The zero-order valence-electron chi connectivity index (χ0n) is 20.6. The van der Waals surface area contributed by atoms with Gasteiger partial charge in [0.05, 0.1) is 0 Å². The molecule has 194 valence electrons. The monoisotopic (exact) mass is 515 g/mol. The molecule has 4 atom stereocenters. The van der Waals surface area contributed by atoms with Crippen LogP contribution in [0.1, 0.15) is 44.5 Å². The van der Waals surface area contributed by atoms with E-state index in [0.717, 1.165) is 4.57 Å². The number of nitrogens with zero attached hydrogens (tertiary/aromatic N) is 4. The molecule has 0 spiro atoms. The van der Waals surface area contributed by atoms with Crippen LogP contribution in [0.2, 0.25) is 0 Å². The van der Waals surface area contributed by atoms with Gasteiger partial charge in [-0.3, -0.25) is 9.59 Å². The predicted molar refractivity (Wildman–Crippen MR) is 137 cm³/mol. The zero-order valence-corrected chi connectivity index (χ0v) is 20.6. The second-order valence-corrected chi connectivity index (χ2v) is 9.29. The van der Waals surface area contributed by atoms with Gasteiger partial charge in [0, 0.05) is 29.9 Å². The van der Waals surface area contributed by atoms with Gasteiger partial charge in [0.2, 0.25) is 0 Å². The Morgan fingerprint density at radius 2 is 1.66 bits per heavy atom. The SMILES string of the molecule is Cc1ccccc1C(=O)C(O)[C@H]1O[C@@H](n2c(=O)nc(N)c3nccnc32)C[C@@]1(O)C(=O)c1ccccc1C. The Morgan fingerprint density at radius 1 is 1.05 bits per heavy atom. The van der Waals surface area contributed by atoms with E-state index in [1.165, 1.54) is 24.5 Å². The van der Waals surface area contributed by atoms with Gasteiger partial charge in [-0.25, -0.2) is 19.3 Å². The van der Waals surface area contributed by atoms with E-state index >= 15 is 0 Å². The van der Waals surface area contributed by atoms with Crippen molar-refractivity contribution in [2.75, 3.05) is 5.73 Å². The number of hydrogen-bond acceptors (Lipinski definition) is 10. The second-order valence-electron chi connectivity index (χ2n) is 9.29. The maximum absolute atomic E-state index is 13.8. The lowest BCUT2D eigenvalue weighted by molar-refractivity contribution is -0.0909. The standard InChI is InChI=1S/C27H25N5O6/c1-14-7-3-5-9-16(14)20(33)21(34)23-27(37,22(35)17-10-6-4-8-15(17)2)13-18(38-23)32-25-19(29-11-12-30-25)24(28)31-26(32)36/h3-12,18,21,23,34,37H,13H2,1-2H3,(H2,28,31,36)/t18-,21?,23-,27-/m1/s1. The smallest absolute Gasteiger partial charge is 0.353 e. The number of rotatable bonds is 6. The van der Waals surface area contributed by atoms with Gasteiger partial charge in [-0.15, -0.1) is 0 Å². The minimum Gasteiger partial charge on any atom is -0.382 e. The minimum atomic E-state index is -2.39. The number of carbonyl (C=O) groups excluding carboxylic acids is 2. The Hall–Kier alpha value is -4.32. The summed E-state index contributed by atoms with van der Waals surface area (Å²) >= 11 is 0. The number of aliphatic hydroxyl groups excluding tert-OH is 1. The quantitative estimate of drug-likeness (QED) is 0.320. The third-order valence-corrected chi connectivity index (χ3v) is 6.87. The highest BCUT2D eigenvalue weighted by atomic mass is 16.6. The molecule has 4 aromatic rings. The predicted octanol–water partition coefficient (Wildman–Crippen LogP) is 1.53. The van der Waals surface area contributed by atoms with Crippen LogP contribution in [0.3, 0.4) is 0 Å². The lowest BCUT2D eigenvalue weighted by Crippen LogP contribution is -2.54. The molecule has 1 unspecified atom stereocenters. The van der Waals surface area contributed by atoms with E-state index in [0.29, 0.717) is 11.1 Å². The number of aliphatic hydroxyl groups is 2. The van der Waals surface area contributed by atoms with E-state index in [2.05, 4.69) is 15.0 Å². The highest BCUT2D eigenvalue weighted by Gasteiger charge is 2.58. The Kier molecular flexibility index (Phi) is 6.35. The summed E-state index contributed by atoms with van der Waals surface area (Å²) < 4.78 is 7.01. The number of anilines is 1. The van der Waals surface area contributed by atoms with Gasteiger partial charge < -0.3 is 20.7 Å². The summed E-state index contributed by atoms with van der Waals surface area (Å²) in [5, 5.41) is 23.1. The molecule has 2 aromatic heterocycles. The summed E-state index contributed by atoms with van der Waals surface area (Å²) in [5.41, 5.74) is 4.32. The van der Waals surface area contributed by atoms with Gasteiger partial charge in [0.1, 0.15) is 24.0 Å². The summed E-state index contributed by atoms with van der Waals surface area (Å²) in [6.07, 6.45) is -2.74. The lowest BCUT2D eigenvalue weighted by Gasteiger charge is -2.30. The van der Waals surface area contributed by atoms with Gasteiger partial charge in [-0.1, -0.05) is 48.5 Å². The van der Waals surface area contributed by atoms with Crippen LogP contribution in [0.4, 0.5) is 5.82 Å². The molecule has 5 rings (SSSR count). The summed E-state index contributed by atoms with van der Waals surface area (Å²) in [5.74, 6) is -1.64. The van der Waals surface area contributed by atoms with Crippen molar-refractivity contribution in [1.29, 1.82) is 0 Å². The molecule has 1 aliphatic heterocycles. The first-order chi connectivity index (χ1) is 18.1. The van der Waals surface area contributed by atoms with Gasteiger partial charge in [0.15, 0.2) is 28.6 Å². The van der Waals surface area contributed by atoms with Crippen LogP contribution >= 0.6 is 0 Å². The molecular formula is C27H25N5O6. The highest BCUT2D eigenvalue weighted by Crippen LogP contribution is 2.42. The van der Waals surface area contributed by atoms with Crippen LogP contribution in [0, 0.1) is 13.8 Å². The molecule has 2 aromatic carbocycles. The number of carbonyl (C=O) groups is 2. The van der Waals surface area contributed by atoms with Crippen molar-refractivity contribution in [1.82, 2.24) is 19.5 Å². The molecule has 1 fully saturated rings. The third kappa shape index (κ3) is 4.06. The molecule has 11 heteroatoms. The van der Waals surface area contributed by atoms with E-state index in [1.54, 1.807) is 50.2 Å². The number of fused-ring (bicyclic) bond motifs is 1. The first-order valence-corrected chi connectivity index (χ1v) is 11.9. The molecule has 11 nitrogen and oxygen atoms in total. The number of ether oxygens (including phenoxy) is 1. The Bertz CT molecular complexity index is 1640. The minimum absolute atomic E-state index is 0.0149. The fourth-order valence-corrected chi connectivity index (χ4v) is 4.88. The summed E-state index contributed by atoms with van der Waals surface area (Å²) in [6.45, 7) is 3.40. The van der Waals surface area contributed by atoms with E-state index < -0.39 is 47.7 Å². The fraction of sp³-hybridized carbons (Fsp3) is 0.259. The molecule has 0 radical (unpaired) electrons. The Morgan fingerprint density at radius 3 is 2.32 bits per heavy atom. The van der Waals surface area contributed by atoms with Crippen LogP contribution < -0.4 is 11.4 Å². The van der Waals surface area contributed by atoms with Crippen molar-refractivity contribution in [2.24, 2.45) is 0 Å². The van der Waals surface area contributed by atoms with Crippen LogP contribution in [0.15, 0.2) is 65.7 Å². The number of ketones is 2. The van der Waals surface area contributed by atoms with Crippen LogP contribution in [0.25, 0.3) is 11.2 Å². The van der Waals surface area contributed by atoms with E-state index in [1.807, 2.05) is 0 Å². The van der Waals surface area contributed by atoms with Crippen molar-refractivity contribution in [3.63, 3.8) is 0 Å². The van der Waals surface area contributed by atoms with Crippen LogP contribution in [-0.2, 0) is 4.74 Å². The maximum atomic E-state index is 13.8. The van der Waals surface area contributed by atoms with Crippen molar-refractivity contribution in [3.05, 3.63) is 93.7 Å². The molecule has 0 aliphatic carbocycles. The number of aromatic nitrogens is 4. The van der Waals surface area contributed by atoms with Crippen molar-refractivity contribution >= 4 is 28.5 Å². The first-order valence-electron chi connectivity index (χ1n) is 11.9. The number of nitrogens with two attached hydrogens (primary N) is 1. The molecule has 0 amide bonds. The third-order valence-electron chi connectivity index (χ3n) is 6.87.